The van der Waals surface area contributed by atoms with Crippen molar-refractivity contribution in [3.63, 3.8) is 0 Å². The van der Waals surface area contributed by atoms with Gasteiger partial charge in [0.2, 0.25) is 0 Å². The van der Waals surface area contributed by atoms with E-state index < -0.39 is 5.41 Å². The Hall–Kier alpha value is -6.38. The standard InChI is InChI=1S/C50H35NO/c1-49(2)39-22-10-9-21-38(39)48-37-20-7-6-19-36(37)45(31-44(48)49)51(32-16-4-3-5-17-32)33-28-29-35-34-18-8-11-23-40(34)50(43(35)30-33)41-24-12-14-26-46(41)52-47-27-15-13-25-42(47)50/h3-31H,1-2H3. The maximum atomic E-state index is 6.64. The van der Waals surface area contributed by atoms with Crippen LogP contribution in [-0.4, -0.2) is 0 Å². The minimum absolute atomic E-state index is 0.147. The van der Waals surface area contributed by atoms with Crippen molar-refractivity contribution in [3.05, 3.63) is 209 Å². The lowest BCUT2D eigenvalue weighted by molar-refractivity contribution is 0.436. The van der Waals surface area contributed by atoms with Gasteiger partial charge in [-0.05, 0) is 92.4 Å². The second-order valence-corrected chi connectivity index (χ2v) is 14.8. The second kappa shape index (κ2) is 10.6. The van der Waals surface area contributed by atoms with Crippen molar-refractivity contribution in [2.45, 2.75) is 24.7 Å². The number of benzene rings is 8. The molecule has 0 fully saturated rings. The number of anilines is 3. The first kappa shape index (κ1) is 29.4. The van der Waals surface area contributed by atoms with Crippen LogP contribution in [0, 0.1) is 0 Å². The Balaban J connectivity index is 1.23. The number of fused-ring (bicyclic) bond motifs is 14. The lowest BCUT2D eigenvalue weighted by atomic mass is 9.66. The first-order chi connectivity index (χ1) is 25.6. The van der Waals surface area contributed by atoms with Gasteiger partial charge in [-0.1, -0.05) is 147 Å². The van der Waals surface area contributed by atoms with Gasteiger partial charge < -0.3 is 9.64 Å². The minimum atomic E-state index is -0.542. The van der Waals surface area contributed by atoms with E-state index >= 15 is 0 Å². The van der Waals surface area contributed by atoms with E-state index in [4.69, 9.17) is 4.74 Å². The average Bonchev–Trinajstić information content (AvgIpc) is 3.61. The number of hydrogen-bond acceptors (Lipinski definition) is 2. The van der Waals surface area contributed by atoms with Crippen LogP contribution in [-0.2, 0) is 10.8 Å². The molecule has 0 radical (unpaired) electrons. The molecule has 1 spiro atoms. The molecule has 3 aliphatic rings. The molecule has 2 heteroatoms. The molecule has 0 unspecified atom stereocenters. The van der Waals surface area contributed by atoms with Gasteiger partial charge in [-0.3, -0.25) is 0 Å². The maximum Gasteiger partial charge on any atom is 0.132 e. The molecule has 1 heterocycles. The molecule has 8 aromatic carbocycles. The summed E-state index contributed by atoms with van der Waals surface area (Å²) < 4.78 is 6.64. The van der Waals surface area contributed by atoms with E-state index in [0.29, 0.717) is 0 Å². The molecule has 52 heavy (non-hydrogen) atoms. The zero-order valence-electron chi connectivity index (χ0n) is 29.1. The van der Waals surface area contributed by atoms with E-state index in [1.807, 2.05) is 0 Å². The highest BCUT2D eigenvalue weighted by molar-refractivity contribution is 6.10. The van der Waals surface area contributed by atoms with E-state index in [0.717, 1.165) is 22.9 Å². The van der Waals surface area contributed by atoms with Crippen LogP contribution in [0.3, 0.4) is 0 Å². The third-order valence-electron chi connectivity index (χ3n) is 11.9. The average molecular weight is 666 g/mol. The van der Waals surface area contributed by atoms with Gasteiger partial charge in [0, 0.05) is 33.3 Å². The zero-order valence-corrected chi connectivity index (χ0v) is 29.1. The number of rotatable bonds is 3. The van der Waals surface area contributed by atoms with Crippen molar-refractivity contribution < 1.29 is 4.74 Å². The smallest absolute Gasteiger partial charge is 0.132 e. The second-order valence-electron chi connectivity index (χ2n) is 14.8. The topological polar surface area (TPSA) is 12.5 Å². The van der Waals surface area contributed by atoms with Crippen LogP contribution in [0.15, 0.2) is 176 Å². The largest absolute Gasteiger partial charge is 0.457 e. The molecule has 0 atom stereocenters. The molecule has 0 saturated heterocycles. The van der Waals surface area contributed by atoms with E-state index in [1.165, 1.54) is 72.1 Å². The van der Waals surface area contributed by atoms with Gasteiger partial charge in [0.15, 0.2) is 0 Å². The van der Waals surface area contributed by atoms with Crippen molar-refractivity contribution in [1.29, 1.82) is 0 Å². The van der Waals surface area contributed by atoms with Gasteiger partial charge in [-0.25, -0.2) is 0 Å². The van der Waals surface area contributed by atoms with E-state index in [2.05, 4.69) is 195 Å². The van der Waals surface area contributed by atoms with Crippen LogP contribution in [0.25, 0.3) is 33.0 Å². The number of nitrogens with zero attached hydrogens (tertiary/aromatic N) is 1. The SMILES string of the molecule is CC1(C)c2ccccc2-c2c1cc(N(c1ccccc1)c1ccc3c(c1)C1(c4ccccc4Oc4ccccc41)c1ccccc1-3)c1ccccc21. The van der Waals surface area contributed by atoms with Crippen LogP contribution in [0.1, 0.15) is 47.2 Å². The summed E-state index contributed by atoms with van der Waals surface area (Å²) in [5.74, 6) is 1.81. The van der Waals surface area contributed by atoms with Gasteiger partial charge in [0.05, 0.1) is 11.1 Å². The third-order valence-corrected chi connectivity index (χ3v) is 11.9. The molecule has 0 saturated carbocycles. The molecule has 8 aromatic rings. The van der Waals surface area contributed by atoms with Crippen molar-refractivity contribution >= 4 is 27.8 Å². The van der Waals surface area contributed by atoms with E-state index in [-0.39, 0.29) is 5.41 Å². The predicted molar refractivity (Wildman–Crippen MR) is 214 cm³/mol. The summed E-state index contributed by atoms with van der Waals surface area (Å²) in [6.07, 6.45) is 0. The lowest BCUT2D eigenvalue weighted by Gasteiger charge is -2.39. The molecule has 0 bridgehead atoms. The Morgan fingerprint density at radius 2 is 0.962 bits per heavy atom. The molecule has 0 amide bonds. The summed E-state index contributed by atoms with van der Waals surface area (Å²) in [4.78, 5) is 2.48. The Bertz CT molecular complexity index is 2710. The van der Waals surface area contributed by atoms with Crippen LogP contribution in [0.2, 0.25) is 0 Å². The van der Waals surface area contributed by atoms with Gasteiger partial charge in [0.25, 0.3) is 0 Å². The molecule has 0 aromatic heterocycles. The predicted octanol–water partition coefficient (Wildman–Crippen LogP) is 13.1. The molecule has 11 rings (SSSR count). The summed E-state index contributed by atoms with van der Waals surface area (Å²) in [6.45, 7) is 4.75. The van der Waals surface area contributed by atoms with Crippen molar-refractivity contribution in [3.8, 4) is 33.8 Å². The normalized spacial score (nSPS) is 14.8. The van der Waals surface area contributed by atoms with E-state index in [1.54, 1.807) is 0 Å². The van der Waals surface area contributed by atoms with Crippen LogP contribution in [0.5, 0.6) is 11.5 Å². The third kappa shape index (κ3) is 3.74. The summed E-state index contributed by atoms with van der Waals surface area (Å²) >= 11 is 0. The fraction of sp³-hybridized carbons (Fsp3) is 0.0800. The highest BCUT2D eigenvalue weighted by Gasteiger charge is 2.51. The molecule has 2 aliphatic carbocycles. The van der Waals surface area contributed by atoms with Crippen molar-refractivity contribution in [2.24, 2.45) is 0 Å². The Morgan fingerprint density at radius 1 is 0.404 bits per heavy atom. The summed E-state index contributed by atoms with van der Waals surface area (Å²) in [7, 11) is 0. The summed E-state index contributed by atoms with van der Waals surface area (Å²) in [5, 5.41) is 2.52. The highest BCUT2D eigenvalue weighted by Crippen LogP contribution is 2.63. The highest BCUT2D eigenvalue weighted by atomic mass is 16.5. The molecular weight excluding hydrogens is 631 g/mol. The monoisotopic (exact) mass is 665 g/mol. The van der Waals surface area contributed by atoms with Gasteiger partial charge in [-0.2, -0.15) is 0 Å². The van der Waals surface area contributed by atoms with Crippen molar-refractivity contribution in [2.75, 3.05) is 4.90 Å². The van der Waals surface area contributed by atoms with Crippen molar-refractivity contribution in [1.82, 2.24) is 0 Å². The maximum absolute atomic E-state index is 6.64. The molecule has 246 valence electrons. The Morgan fingerprint density at radius 3 is 1.69 bits per heavy atom. The zero-order chi connectivity index (χ0) is 34.6. The van der Waals surface area contributed by atoms with E-state index in [9.17, 15) is 0 Å². The first-order valence-electron chi connectivity index (χ1n) is 18.2. The van der Waals surface area contributed by atoms with Gasteiger partial charge in [0.1, 0.15) is 11.5 Å². The van der Waals surface area contributed by atoms with Gasteiger partial charge >= 0.3 is 0 Å². The Kier molecular flexibility index (Phi) is 5.97. The summed E-state index contributed by atoms with van der Waals surface area (Å²) in [6, 6.07) is 64.5. The van der Waals surface area contributed by atoms with Crippen LogP contribution >= 0.6 is 0 Å². The molecular formula is C50H35NO. The molecule has 0 N–H and O–H groups in total. The molecule has 1 aliphatic heterocycles. The fourth-order valence-electron chi connectivity index (χ4n) is 9.70. The lowest BCUT2D eigenvalue weighted by Crippen LogP contribution is -2.32. The number of ether oxygens (including phenoxy) is 1. The molecule has 2 nitrogen and oxygen atoms in total. The Labute approximate surface area is 304 Å². The van der Waals surface area contributed by atoms with Gasteiger partial charge in [-0.15, -0.1) is 0 Å². The first-order valence-corrected chi connectivity index (χ1v) is 18.2. The summed E-state index contributed by atoms with van der Waals surface area (Å²) in [5.41, 5.74) is 15.6. The quantitative estimate of drug-likeness (QED) is 0.186. The number of para-hydroxylation sites is 3. The minimum Gasteiger partial charge on any atom is -0.457 e. The van der Waals surface area contributed by atoms with Crippen LogP contribution in [0.4, 0.5) is 17.1 Å². The fourth-order valence-corrected chi connectivity index (χ4v) is 9.70. The van der Waals surface area contributed by atoms with Crippen LogP contribution < -0.4 is 9.64 Å². The number of hydrogen-bond donors (Lipinski definition) is 0.